The van der Waals surface area contributed by atoms with Crippen molar-refractivity contribution < 1.29 is 4.79 Å². The van der Waals surface area contributed by atoms with Crippen LogP contribution in [0.15, 0.2) is 48.5 Å². The van der Waals surface area contributed by atoms with Crippen molar-refractivity contribution in [3.8, 4) is 0 Å². The molecule has 2 aromatic carbocycles. The monoisotopic (exact) mass is 310 g/mol. The molecule has 0 amide bonds. The molecule has 0 aliphatic rings. The highest BCUT2D eigenvalue weighted by Gasteiger charge is 2.02. The van der Waals surface area contributed by atoms with E-state index >= 15 is 0 Å². The third-order valence-corrected chi connectivity index (χ3v) is 3.49. The Morgan fingerprint density at radius 3 is 2.21 bits per heavy atom. The lowest BCUT2D eigenvalue weighted by Gasteiger charge is -1.98. The van der Waals surface area contributed by atoms with Gasteiger partial charge in [-0.2, -0.15) is 0 Å². The van der Waals surface area contributed by atoms with E-state index in [4.69, 9.17) is 34.8 Å². The lowest BCUT2D eigenvalue weighted by molar-refractivity contribution is 0.104. The van der Waals surface area contributed by atoms with Gasteiger partial charge in [-0.3, -0.25) is 4.79 Å². The van der Waals surface area contributed by atoms with Gasteiger partial charge in [0.05, 0.1) is 10.0 Å². The molecule has 4 heteroatoms. The first-order valence-corrected chi connectivity index (χ1v) is 6.63. The molecule has 0 aliphatic heterocycles. The summed E-state index contributed by atoms with van der Waals surface area (Å²) in [5.74, 6) is -0.0947. The fourth-order valence-corrected chi connectivity index (χ4v) is 1.93. The van der Waals surface area contributed by atoms with Crippen LogP contribution in [0.3, 0.4) is 0 Å². The van der Waals surface area contributed by atoms with Crippen molar-refractivity contribution in [1.29, 1.82) is 0 Å². The van der Waals surface area contributed by atoms with Gasteiger partial charge in [-0.05, 0) is 48.0 Å². The highest BCUT2D eigenvalue weighted by atomic mass is 35.5. The van der Waals surface area contributed by atoms with Crippen molar-refractivity contribution in [3.63, 3.8) is 0 Å². The molecule has 96 valence electrons. The third kappa shape index (κ3) is 3.84. The van der Waals surface area contributed by atoms with Gasteiger partial charge >= 0.3 is 0 Å². The Bertz CT molecular complexity index is 630. The standard InChI is InChI=1S/C15H9Cl3O/c16-12-5-3-11(4-6-12)15(19)8-2-10-1-7-13(17)14(18)9-10/h1-9H/b8-2-. The number of allylic oxidation sites excluding steroid dienone is 1. The van der Waals surface area contributed by atoms with Crippen LogP contribution in [0, 0.1) is 0 Å². The Hall–Kier alpha value is -1.28. The van der Waals surface area contributed by atoms with E-state index in [0.29, 0.717) is 20.6 Å². The van der Waals surface area contributed by atoms with Crippen LogP contribution in [0.1, 0.15) is 15.9 Å². The SMILES string of the molecule is O=C(/C=C\c1ccc(Cl)c(Cl)c1)c1ccc(Cl)cc1. The van der Waals surface area contributed by atoms with Crippen LogP contribution in [-0.4, -0.2) is 5.78 Å². The van der Waals surface area contributed by atoms with E-state index in [9.17, 15) is 4.79 Å². The molecule has 0 N–H and O–H groups in total. The Kier molecular flexibility index (Phi) is 4.65. The van der Waals surface area contributed by atoms with E-state index < -0.39 is 0 Å². The minimum atomic E-state index is -0.0947. The summed E-state index contributed by atoms with van der Waals surface area (Å²) in [6.07, 6.45) is 3.18. The Labute approximate surface area is 126 Å². The Morgan fingerprint density at radius 2 is 1.58 bits per heavy atom. The summed E-state index contributed by atoms with van der Waals surface area (Å²) in [6.45, 7) is 0. The molecule has 0 saturated heterocycles. The lowest BCUT2D eigenvalue weighted by Crippen LogP contribution is -1.93. The molecular weight excluding hydrogens is 303 g/mol. The smallest absolute Gasteiger partial charge is 0.185 e. The van der Waals surface area contributed by atoms with Gasteiger partial charge in [0, 0.05) is 10.6 Å². The van der Waals surface area contributed by atoms with Crippen LogP contribution in [0.4, 0.5) is 0 Å². The summed E-state index contributed by atoms with van der Waals surface area (Å²) in [7, 11) is 0. The average molecular weight is 312 g/mol. The second-order valence-corrected chi connectivity index (χ2v) is 5.13. The van der Waals surface area contributed by atoms with Crippen LogP contribution in [0.5, 0.6) is 0 Å². The first kappa shape index (κ1) is 14.1. The van der Waals surface area contributed by atoms with Gasteiger partial charge < -0.3 is 0 Å². The van der Waals surface area contributed by atoms with E-state index in [2.05, 4.69) is 0 Å². The topological polar surface area (TPSA) is 17.1 Å². The van der Waals surface area contributed by atoms with E-state index in [1.54, 1.807) is 48.5 Å². The minimum absolute atomic E-state index is 0.0947. The molecule has 2 rings (SSSR count). The molecule has 0 bridgehead atoms. The molecule has 19 heavy (non-hydrogen) atoms. The molecule has 0 unspecified atom stereocenters. The Morgan fingerprint density at radius 1 is 0.895 bits per heavy atom. The zero-order valence-corrected chi connectivity index (χ0v) is 12.0. The molecule has 0 fully saturated rings. The molecule has 0 aliphatic carbocycles. The predicted molar refractivity (Wildman–Crippen MR) is 81.3 cm³/mol. The quantitative estimate of drug-likeness (QED) is 0.537. The number of carbonyl (C=O) groups excluding carboxylic acids is 1. The number of hydrogen-bond acceptors (Lipinski definition) is 1. The summed E-state index contributed by atoms with van der Waals surface area (Å²) in [5, 5.41) is 1.55. The van der Waals surface area contributed by atoms with Crippen molar-refractivity contribution in [2.45, 2.75) is 0 Å². The van der Waals surface area contributed by atoms with Crippen LogP contribution in [0.25, 0.3) is 6.08 Å². The maximum absolute atomic E-state index is 11.9. The molecule has 1 nitrogen and oxygen atoms in total. The highest BCUT2D eigenvalue weighted by Crippen LogP contribution is 2.23. The van der Waals surface area contributed by atoms with Crippen LogP contribution in [-0.2, 0) is 0 Å². The summed E-state index contributed by atoms with van der Waals surface area (Å²) in [4.78, 5) is 11.9. The molecule has 0 spiro atoms. The van der Waals surface area contributed by atoms with E-state index in [-0.39, 0.29) is 5.78 Å². The summed E-state index contributed by atoms with van der Waals surface area (Å²) in [5.41, 5.74) is 1.40. The fraction of sp³-hybridized carbons (Fsp3) is 0. The maximum atomic E-state index is 11.9. The second kappa shape index (κ2) is 6.25. The normalized spacial score (nSPS) is 10.9. The lowest BCUT2D eigenvalue weighted by atomic mass is 10.1. The number of benzene rings is 2. The third-order valence-electron chi connectivity index (χ3n) is 2.50. The van der Waals surface area contributed by atoms with Crippen LogP contribution in [0.2, 0.25) is 15.1 Å². The van der Waals surface area contributed by atoms with E-state index in [1.807, 2.05) is 0 Å². The van der Waals surface area contributed by atoms with Crippen molar-refractivity contribution in [1.82, 2.24) is 0 Å². The highest BCUT2D eigenvalue weighted by molar-refractivity contribution is 6.42. The first-order chi connectivity index (χ1) is 9.06. The molecular formula is C15H9Cl3O. The number of carbonyl (C=O) groups is 1. The number of hydrogen-bond donors (Lipinski definition) is 0. The summed E-state index contributed by atoms with van der Waals surface area (Å²) >= 11 is 17.5. The summed E-state index contributed by atoms with van der Waals surface area (Å²) < 4.78 is 0. The fourth-order valence-electron chi connectivity index (χ4n) is 1.50. The molecule has 0 heterocycles. The molecule has 0 atom stereocenters. The van der Waals surface area contributed by atoms with Gasteiger partial charge in [-0.1, -0.05) is 46.9 Å². The molecule has 0 radical (unpaired) electrons. The average Bonchev–Trinajstić information content (AvgIpc) is 2.40. The number of rotatable bonds is 3. The van der Waals surface area contributed by atoms with E-state index in [0.717, 1.165) is 5.56 Å². The van der Waals surface area contributed by atoms with Crippen LogP contribution >= 0.6 is 34.8 Å². The molecule has 0 aromatic heterocycles. The zero-order chi connectivity index (χ0) is 13.8. The van der Waals surface area contributed by atoms with Crippen molar-refractivity contribution in [3.05, 3.63) is 74.7 Å². The van der Waals surface area contributed by atoms with Gasteiger partial charge in [-0.15, -0.1) is 0 Å². The van der Waals surface area contributed by atoms with Crippen molar-refractivity contribution in [2.24, 2.45) is 0 Å². The van der Waals surface area contributed by atoms with E-state index in [1.165, 1.54) is 6.08 Å². The molecule has 2 aromatic rings. The predicted octanol–water partition coefficient (Wildman–Crippen LogP) is 5.54. The maximum Gasteiger partial charge on any atom is 0.185 e. The minimum Gasteiger partial charge on any atom is -0.289 e. The van der Waals surface area contributed by atoms with Crippen molar-refractivity contribution >= 4 is 46.7 Å². The van der Waals surface area contributed by atoms with Crippen molar-refractivity contribution in [2.75, 3.05) is 0 Å². The van der Waals surface area contributed by atoms with Crippen LogP contribution < -0.4 is 0 Å². The Balaban J connectivity index is 2.15. The van der Waals surface area contributed by atoms with Gasteiger partial charge in [0.15, 0.2) is 5.78 Å². The largest absolute Gasteiger partial charge is 0.289 e. The number of halogens is 3. The first-order valence-electron chi connectivity index (χ1n) is 5.49. The van der Waals surface area contributed by atoms with Gasteiger partial charge in [0.2, 0.25) is 0 Å². The van der Waals surface area contributed by atoms with Gasteiger partial charge in [-0.25, -0.2) is 0 Å². The summed E-state index contributed by atoms with van der Waals surface area (Å²) in [6, 6.07) is 11.9. The van der Waals surface area contributed by atoms with Gasteiger partial charge in [0.25, 0.3) is 0 Å². The molecule has 0 saturated carbocycles. The zero-order valence-electron chi connectivity index (χ0n) is 9.74. The second-order valence-electron chi connectivity index (χ2n) is 3.88. The number of ketones is 1. The van der Waals surface area contributed by atoms with Gasteiger partial charge in [0.1, 0.15) is 0 Å².